The van der Waals surface area contributed by atoms with Crippen molar-refractivity contribution >= 4 is 6.03 Å². The van der Waals surface area contributed by atoms with E-state index in [1.807, 2.05) is 6.07 Å². The van der Waals surface area contributed by atoms with Crippen LogP contribution < -0.4 is 15.8 Å². The Hall–Kier alpha value is -1.58. The molecule has 3 N–H and O–H groups in total. The van der Waals surface area contributed by atoms with Gasteiger partial charge in [-0.15, -0.1) is 5.43 Å². The predicted molar refractivity (Wildman–Crippen MR) is 35.6 cm³/mol. The Kier molecular flexibility index (Phi) is 1.84. The van der Waals surface area contributed by atoms with Crippen molar-refractivity contribution in [2.75, 3.05) is 5.43 Å². The number of nitrogens with two attached hydrogens (primary N) is 1. The zero-order valence-corrected chi connectivity index (χ0v) is 5.32. The minimum Gasteiger partial charge on any atom is -0.347 e. The van der Waals surface area contributed by atoms with Crippen molar-refractivity contribution in [3.63, 3.8) is 0 Å². The molecule has 0 aliphatic rings. The van der Waals surface area contributed by atoms with Crippen molar-refractivity contribution in [2.45, 2.75) is 0 Å². The van der Waals surface area contributed by atoms with E-state index in [1.165, 1.54) is 4.68 Å². The molecule has 1 aromatic rings. The maximum Gasteiger partial charge on any atom is 0.365 e. The highest BCUT2D eigenvalue weighted by atomic mass is 16.2. The van der Waals surface area contributed by atoms with E-state index in [1.54, 1.807) is 24.5 Å². The number of hydrogen-bond acceptors (Lipinski definition) is 1. The van der Waals surface area contributed by atoms with Crippen LogP contribution in [0.2, 0.25) is 0 Å². The minimum atomic E-state index is -0.573. The van der Waals surface area contributed by atoms with Gasteiger partial charge in [-0.1, -0.05) is 10.7 Å². The normalized spacial score (nSPS) is 8.80. The molecule has 0 aromatic carbocycles. The van der Waals surface area contributed by atoms with Crippen LogP contribution in [-0.4, -0.2) is 6.03 Å². The molecule has 0 fully saturated rings. The zero-order valence-electron chi connectivity index (χ0n) is 5.32. The van der Waals surface area contributed by atoms with Crippen molar-refractivity contribution in [1.29, 1.82) is 0 Å². The Morgan fingerprint density at radius 1 is 1.30 bits per heavy atom. The van der Waals surface area contributed by atoms with Gasteiger partial charge in [0, 0.05) is 12.1 Å². The predicted octanol–water partition coefficient (Wildman–Crippen LogP) is -0.404. The average Bonchev–Trinajstić information content (AvgIpc) is 1.88. The number of primary amides is 1. The Morgan fingerprint density at radius 2 is 1.90 bits per heavy atom. The summed E-state index contributed by atoms with van der Waals surface area (Å²) in [6.07, 6.45) is 3.37. The lowest BCUT2D eigenvalue weighted by Crippen LogP contribution is -2.49. The van der Waals surface area contributed by atoms with Crippen molar-refractivity contribution < 1.29 is 9.47 Å². The van der Waals surface area contributed by atoms with Crippen LogP contribution in [-0.2, 0) is 0 Å². The first-order valence-corrected chi connectivity index (χ1v) is 2.82. The molecule has 0 saturated carbocycles. The molecular formula is C6H8N3O+. The Bertz CT molecular complexity index is 222. The first-order chi connectivity index (χ1) is 4.79. The highest BCUT2D eigenvalue weighted by Gasteiger charge is 1.97. The first kappa shape index (κ1) is 6.54. The standard InChI is InChI=1S/C6H7N3O/c7-6(10)8-9-4-2-1-3-5-9/h1-5H,(H2-,7,8,10)/p+1. The van der Waals surface area contributed by atoms with Gasteiger partial charge >= 0.3 is 6.03 Å². The Labute approximate surface area is 58.2 Å². The molecule has 0 aliphatic carbocycles. The molecule has 0 aliphatic heterocycles. The lowest BCUT2D eigenvalue weighted by molar-refractivity contribution is -0.641. The average molecular weight is 138 g/mol. The lowest BCUT2D eigenvalue weighted by atomic mass is 10.5. The van der Waals surface area contributed by atoms with E-state index in [-0.39, 0.29) is 0 Å². The molecule has 1 rings (SSSR count). The fourth-order valence-corrected chi connectivity index (χ4v) is 0.600. The van der Waals surface area contributed by atoms with Crippen molar-refractivity contribution in [2.24, 2.45) is 5.73 Å². The third-order valence-electron chi connectivity index (χ3n) is 0.955. The number of aromatic nitrogens is 1. The summed E-state index contributed by atoms with van der Waals surface area (Å²) in [5.41, 5.74) is 7.21. The molecule has 0 saturated heterocycles. The second-order valence-electron chi connectivity index (χ2n) is 1.76. The third kappa shape index (κ3) is 1.74. The summed E-state index contributed by atoms with van der Waals surface area (Å²) in [7, 11) is 0. The number of amides is 2. The maximum absolute atomic E-state index is 10.3. The van der Waals surface area contributed by atoms with Crippen LogP contribution in [0.25, 0.3) is 0 Å². The molecule has 0 unspecified atom stereocenters. The topological polar surface area (TPSA) is 59.0 Å². The van der Waals surface area contributed by atoms with Crippen LogP contribution in [0.5, 0.6) is 0 Å². The van der Waals surface area contributed by atoms with Crippen LogP contribution in [0.3, 0.4) is 0 Å². The van der Waals surface area contributed by atoms with E-state index < -0.39 is 6.03 Å². The van der Waals surface area contributed by atoms with Gasteiger partial charge < -0.3 is 5.73 Å². The van der Waals surface area contributed by atoms with E-state index in [0.717, 1.165) is 0 Å². The number of rotatable bonds is 1. The summed E-state index contributed by atoms with van der Waals surface area (Å²) in [4.78, 5) is 10.3. The molecule has 52 valence electrons. The smallest absolute Gasteiger partial charge is 0.347 e. The van der Waals surface area contributed by atoms with E-state index in [0.29, 0.717) is 0 Å². The SMILES string of the molecule is NC(=O)N[n+]1ccccc1. The van der Waals surface area contributed by atoms with Crippen molar-refractivity contribution in [3.8, 4) is 0 Å². The van der Waals surface area contributed by atoms with Gasteiger partial charge in [0.25, 0.3) is 0 Å². The van der Waals surface area contributed by atoms with Crippen molar-refractivity contribution in [1.82, 2.24) is 0 Å². The molecule has 0 bridgehead atoms. The second kappa shape index (κ2) is 2.82. The summed E-state index contributed by atoms with van der Waals surface area (Å²) >= 11 is 0. The van der Waals surface area contributed by atoms with Crippen LogP contribution in [0.1, 0.15) is 0 Å². The summed E-state index contributed by atoms with van der Waals surface area (Å²) in [6, 6.07) is 4.85. The number of urea groups is 1. The number of nitrogens with one attached hydrogen (secondary N) is 1. The summed E-state index contributed by atoms with van der Waals surface area (Å²) in [6.45, 7) is 0. The highest BCUT2D eigenvalue weighted by Crippen LogP contribution is 1.73. The molecule has 0 spiro atoms. The van der Waals surface area contributed by atoms with Crippen LogP contribution in [0.15, 0.2) is 30.6 Å². The fourth-order valence-electron chi connectivity index (χ4n) is 0.600. The van der Waals surface area contributed by atoms with E-state index in [9.17, 15) is 4.79 Å². The van der Waals surface area contributed by atoms with Gasteiger partial charge in [-0.25, -0.2) is 4.79 Å². The van der Waals surface area contributed by atoms with E-state index >= 15 is 0 Å². The van der Waals surface area contributed by atoms with Crippen LogP contribution in [0, 0.1) is 0 Å². The molecule has 4 heteroatoms. The molecule has 0 atom stereocenters. The highest BCUT2D eigenvalue weighted by molar-refractivity contribution is 5.77. The number of pyridine rings is 1. The van der Waals surface area contributed by atoms with Gasteiger partial charge in [-0.2, -0.15) is 0 Å². The number of nitrogens with zero attached hydrogens (tertiary/aromatic N) is 1. The Balaban J connectivity index is 2.67. The van der Waals surface area contributed by atoms with E-state index in [2.05, 4.69) is 5.43 Å². The van der Waals surface area contributed by atoms with Gasteiger partial charge in [-0.3, -0.25) is 0 Å². The first-order valence-electron chi connectivity index (χ1n) is 2.82. The van der Waals surface area contributed by atoms with Gasteiger partial charge in [0.1, 0.15) is 0 Å². The maximum atomic E-state index is 10.3. The minimum absolute atomic E-state index is 0.573. The number of carbonyl (C=O) groups excluding carboxylic acids is 1. The molecule has 1 heterocycles. The van der Waals surface area contributed by atoms with Crippen LogP contribution in [0.4, 0.5) is 4.79 Å². The van der Waals surface area contributed by atoms with Crippen molar-refractivity contribution in [3.05, 3.63) is 30.6 Å². The van der Waals surface area contributed by atoms with E-state index in [4.69, 9.17) is 5.73 Å². The number of carbonyl (C=O) groups is 1. The lowest BCUT2D eigenvalue weighted by Gasteiger charge is -1.90. The van der Waals surface area contributed by atoms with Gasteiger partial charge in [-0.05, 0) is 0 Å². The summed E-state index contributed by atoms with van der Waals surface area (Å²) in [5.74, 6) is 0. The van der Waals surface area contributed by atoms with Gasteiger partial charge in [0.05, 0.1) is 0 Å². The fraction of sp³-hybridized carbons (Fsp3) is 0. The summed E-state index contributed by atoms with van der Waals surface area (Å²) < 4.78 is 1.47. The van der Waals surface area contributed by atoms with Crippen LogP contribution >= 0.6 is 0 Å². The summed E-state index contributed by atoms with van der Waals surface area (Å²) in [5, 5.41) is 0. The molecule has 4 nitrogen and oxygen atoms in total. The van der Waals surface area contributed by atoms with Gasteiger partial charge in [0.15, 0.2) is 12.4 Å². The van der Waals surface area contributed by atoms with Gasteiger partial charge in [0.2, 0.25) is 0 Å². The monoisotopic (exact) mass is 138 g/mol. The molecule has 0 radical (unpaired) electrons. The molecule has 1 aromatic heterocycles. The number of hydrogen-bond donors (Lipinski definition) is 2. The molecule has 2 amide bonds. The quantitative estimate of drug-likeness (QED) is 0.509. The largest absolute Gasteiger partial charge is 0.365 e. The second-order valence-corrected chi connectivity index (χ2v) is 1.76. The molecular weight excluding hydrogens is 130 g/mol. The zero-order chi connectivity index (χ0) is 7.40. The third-order valence-corrected chi connectivity index (χ3v) is 0.955. The Morgan fingerprint density at radius 3 is 2.40 bits per heavy atom. The molecule has 10 heavy (non-hydrogen) atoms.